The fourth-order valence-corrected chi connectivity index (χ4v) is 2.54. The van der Waals surface area contributed by atoms with Gasteiger partial charge >= 0.3 is 12.0 Å². The monoisotopic (exact) mass is 352 g/mol. The molecular weight excluding hydrogens is 328 g/mol. The predicted molar refractivity (Wildman–Crippen MR) is 93.9 cm³/mol. The Kier molecular flexibility index (Phi) is 7.28. The second-order valence-corrected chi connectivity index (χ2v) is 7.40. The summed E-state index contributed by atoms with van der Waals surface area (Å²) in [5.74, 6) is -1.08. The second kappa shape index (κ2) is 8.73. The third-order valence-electron chi connectivity index (χ3n) is 2.84. The Labute approximate surface area is 146 Å². The number of carbonyl (C=O) groups is 3. The van der Waals surface area contributed by atoms with Crippen LogP contribution in [0.1, 0.15) is 33.3 Å². The first kappa shape index (κ1) is 20.0. The maximum atomic E-state index is 11.8. The van der Waals surface area contributed by atoms with Crippen molar-refractivity contribution in [3.05, 3.63) is 29.8 Å². The fraction of sp³-hybridized carbons (Fsp3) is 0.471. The summed E-state index contributed by atoms with van der Waals surface area (Å²) in [6, 6.07) is 7.07. The summed E-state index contributed by atoms with van der Waals surface area (Å²) in [5, 5.41) is 4.75. The Morgan fingerprint density at radius 2 is 1.83 bits per heavy atom. The standard InChI is InChI=1S/C17H24N2O4S/c1-11-8-6-7-9-13(11)24-10-14(20)23-12(2)15(21)18-16(22)19-17(3,4)5/h6-9,12H,10H2,1-5H3,(H2,18,19,21,22)/t12-/m1/s1. The molecule has 3 amide bonds. The zero-order valence-corrected chi connectivity index (χ0v) is 15.5. The van der Waals surface area contributed by atoms with Gasteiger partial charge in [0.2, 0.25) is 0 Å². The maximum Gasteiger partial charge on any atom is 0.321 e. The first-order valence-electron chi connectivity index (χ1n) is 7.59. The van der Waals surface area contributed by atoms with Crippen LogP contribution in [0.5, 0.6) is 0 Å². The van der Waals surface area contributed by atoms with E-state index in [2.05, 4.69) is 10.6 Å². The third kappa shape index (κ3) is 7.50. The van der Waals surface area contributed by atoms with E-state index in [0.29, 0.717) is 0 Å². The maximum absolute atomic E-state index is 11.8. The molecule has 0 aliphatic carbocycles. The topological polar surface area (TPSA) is 84.5 Å². The van der Waals surface area contributed by atoms with Crippen molar-refractivity contribution in [2.45, 2.75) is 51.2 Å². The summed E-state index contributed by atoms with van der Waals surface area (Å²) in [6.45, 7) is 8.77. The van der Waals surface area contributed by atoms with Crippen molar-refractivity contribution < 1.29 is 19.1 Å². The average molecular weight is 352 g/mol. The highest BCUT2D eigenvalue weighted by molar-refractivity contribution is 8.00. The molecule has 0 aliphatic heterocycles. The highest BCUT2D eigenvalue weighted by atomic mass is 32.2. The Morgan fingerprint density at radius 3 is 2.42 bits per heavy atom. The number of thioether (sulfide) groups is 1. The number of benzene rings is 1. The van der Waals surface area contributed by atoms with Gasteiger partial charge < -0.3 is 10.1 Å². The molecule has 24 heavy (non-hydrogen) atoms. The first-order valence-corrected chi connectivity index (χ1v) is 8.58. The van der Waals surface area contributed by atoms with Crippen LogP contribution in [0, 0.1) is 6.92 Å². The van der Waals surface area contributed by atoms with Crippen LogP contribution in [-0.2, 0) is 14.3 Å². The minimum absolute atomic E-state index is 0.0939. The molecule has 0 radical (unpaired) electrons. The summed E-state index contributed by atoms with van der Waals surface area (Å²) in [4.78, 5) is 36.3. The van der Waals surface area contributed by atoms with Gasteiger partial charge in [-0.1, -0.05) is 18.2 Å². The first-order chi connectivity index (χ1) is 11.1. The van der Waals surface area contributed by atoms with E-state index in [4.69, 9.17) is 4.74 Å². The van der Waals surface area contributed by atoms with Crippen LogP contribution in [-0.4, -0.2) is 35.3 Å². The van der Waals surface area contributed by atoms with Crippen LogP contribution in [0.2, 0.25) is 0 Å². The van der Waals surface area contributed by atoms with Gasteiger partial charge in [0, 0.05) is 10.4 Å². The van der Waals surface area contributed by atoms with E-state index >= 15 is 0 Å². The number of urea groups is 1. The highest BCUT2D eigenvalue weighted by Gasteiger charge is 2.22. The van der Waals surface area contributed by atoms with Crippen LogP contribution in [0.3, 0.4) is 0 Å². The molecule has 0 unspecified atom stereocenters. The fourth-order valence-electron chi connectivity index (χ4n) is 1.73. The Bertz CT molecular complexity index is 611. The molecule has 132 valence electrons. The van der Waals surface area contributed by atoms with E-state index in [9.17, 15) is 14.4 Å². The SMILES string of the molecule is Cc1ccccc1SCC(=O)O[C@H](C)C(=O)NC(=O)NC(C)(C)C. The van der Waals surface area contributed by atoms with Gasteiger partial charge in [-0.2, -0.15) is 0 Å². The van der Waals surface area contributed by atoms with Crippen LogP contribution < -0.4 is 10.6 Å². The van der Waals surface area contributed by atoms with E-state index in [0.717, 1.165) is 10.5 Å². The largest absolute Gasteiger partial charge is 0.452 e. The van der Waals surface area contributed by atoms with Crippen molar-refractivity contribution >= 4 is 29.7 Å². The molecular formula is C17H24N2O4S. The number of imide groups is 1. The number of hydrogen-bond donors (Lipinski definition) is 2. The van der Waals surface area contributed by atoms with Gasteiger partial charge in [-0.15, -0.1) is 11.8 Å². The van der Waals surface area contributed by atoms with Gasteiger partial charge in [0.1, 0.15) is 0 Å². The summed E-state index contributed by atoms with van der Waals surface area (Å²) >= 11 is 1.35. The molecule has 0 aromatic heterocycles. The van der Waals surface area contributed by atoms with Gasteiger partial charge in [-0.3, -0.25) is 14.9 Å². The van der Waals surface area contributed by atoms with Crippen molar-refractivity contribution in [1.82, 2.24) is 10.6 Å². The Morgan fingerprint density at radius 1 is 1.21 bits per heavy atom. The lowest BCUT2D eigenvalue weighted by Crippen LogP contribution is -2.50. The number of rotatable bonds is 5. The van der Waals surface area contributed by atoms with Gasteiger partial charge in [0.25, 0.3) is 5.91 Å². The third-order valence-corrected chi connectivity index (χ3v) is 3.99. The van der Waals surface area contributed by atoms with Crippen LogP contribution in [0.15, 0.2) is 29.2 Å². The molecule has 1 aromatic rings. The number of amides is 3. The Hall–Kier alpha value is -2.02. The molecule has 2 N–H and O–H groups in total. The van der Waals surface area contributed by atoms with Crippen molar-refractivity contribution in [2.24, 2.45) is 0 Å². The number of nitrogens with one attached hydrogen (secondary N) is 2. The van der Waals surface area contributed by atoms with E-state index in [-0.39, 0.29) is 5.75 Å². The van der Waals surface area contributed by atoms with Crippen LogP contribution in [0.25, 0.3) is 0 Å². The summed E-state index contributed by atoms with van der Waals surface area (Å²) in [6.07, 6.45) is -1.04. The Balaban J connectivity index is 2.42. The summed E-state index contributed by atoms with van der Waals surface area (Å²) in [7, 11) is 0. The van der Waals surface area contributed by atoms with Crippen LogP contribution in [0.4, 0.5) is 4.79 Å². The van der Waals surface area contributed by atoms with Crippen LogP contribution >= 0.6 is 11.8 Å². The molecule has 0 saturated carbocycles. The lowest BCUT2D eigenvalue weighted by Gasteiger charge is -2.21. The molecule has 0 spiro atoms. The van der Waals surface area contributed by atoms with Gasteiger partial charge in [-0.25, -0.2) is 4.79 Å². The van der Waals surface area contributed by atoms with E-state index < -0.39 is 29.6 Å². The summed E-state index contributed by atoms with van der Waals surface area (Å²) in [5.41, 5.74) is 0.606. The number of aryl methyl sites for hydroxylation is 1. The predicted octanol–water partition coefficient (Wildman–Crippen LogP) is 2.64. The molecule has 1 atom stereocenters. The molecule has 7 heteroatoms. The number of esters is 1. The smallest absolute Gasteiger partial charge is 0.321 e. The van der Waals surface area contributed by atoms with Gasteiger partial charge in [0.05, 0.1) is 5.75 Å². The minimum atomic E-state index is -1.04. The number of carbonyl (C=O) groups excluding carboxylic acids is 3. The molecule has 6 nitrogen and oxygen atoms in total. The number of ether oxygens (including phenoxy) is 1. The lowest BCUT2D eigenvalue weighted by atomic mass is 10.1. The lowest BCUT2D eigenvalue weighted by molar-refractivity contribution is -0.151. The van der Waals surface area contributed by atoms with E-state index in [1.807, 2.05) is 31.2 Å². The zero-order valence-electron chi connectivity index (χ0n) is 14.6. The van der Waals surface area contributed by atoms with Crippen molar-refractivity contribution in [3.8, 4) is 0 Å². The molecule has 0 heterocycles. The van der Waals surface area contributed by atoms with Crippen molar-refractivity contribution in [3.63, 3.8) is 0 Å². The van der Waals surface area contributed by atoms with E-state index in [1.54, 1.807) is 20.8 Å². The molecule has 0 fully saturated rings. The molecule has 1 rings (SSSR count). The van der Waals surface area contributed by atoms with Crippen molar-refractivity contribution in [1.29, 1.82) is 0 Å². The zero-order chi connectivity index (χ0) is 18.3. The molecule has 0 aliphatic rings. The van der Waals surface area contributed by atoms with Gasteiger partial charge in [0.15, 0.2) is 6.10 Å². The number of hydrogen-bond acceptors (Lipinski definition) is 5. The minimum Gasteiger partial charge on any atom is -0.452 e. The highest BCUT2D eigenvalue weighted by Crippen LogP contribution is 2.21. The van der Waals surface area contributed by atoms with Gasteiger partial charge in [-0.05, 0) is 46.2 Å². The molecule has 1 aromatic carbocycles. The molecule has 0 bridgehead atoms. The normalized spacial score (nSPS) is 12.2. The second-order valence-electron chi connectivity index (χ2n) is 6.38. The average Bonchev–Trinajstić information content (AvgIpc) is 2.44. The quantitative estimate of drug-likeness (QED) is 0.629. The summed E-state index contributed by atoms with van der Waals surface area (Å²) < 4.78 is 5.05. The molecule has 0 saturated heterocycles. The van der Waals surface area contributed by atoms with Crippen molar-refractivity contribution in [2.75, 3.05) is 5.75 Å². The van der Waals surface area contributed by atoms with E-state index in [1.165, 1.54) is 18.7 Å².